The molecular formula is C30H30F7N3O2. The molecule has 42 heavy (non-hydrogen) atoms. The molecule has 0 spiro atoms. The van der Waals surface area contributed by atoms with E-state index in [4.69, 9.17) is 5.11 Å². The van der Waals surface area contributed by atoms with Crippen LogP contribution in [0.1, 0.15) is 40.7 Å². The molecule has 0 aliphatic carbocycles. The first-order valence-corrected chi connectivity index (χ1v) is 13.3. The molecule has 5 nitrogen and oxygen atoms in total. The second kappa shape index (κ2) is 12.7. The Labute approximate surface area is 238 Å². The fourth-order valence-corrected chi connectivity index (χ4v) is 5.28. The number of rotatable bonds is 8. The monoisotopic (exact) mass is 597 g/mol. The summed E-state index contributed by atoms with van der Waals surface area (Å²) in [6, 6.07) is 12.7. The molecule has 12 heteroatoms. The van der Waals surface area contributed by atoms with Gasteiger partial charge in [-0.15, -0.1) is 0 Å². The smallest absolute Gasteiger partial charge is 0.395 e. The van der Waals surface area contributed by atoms with Crippen LogP contribution in [0.5, 0.6) is 0 Å². The number of halogens is 7. The number of piperidine rings is 1. The standard InChI is InChI=1S/C30H30F7N3O2/c31-25-17-23(16-24(18-25)30(35,36)37)28(19-20-5-2-1-3-6-20,21-7-4-8-22(15-21)29(32,33)34)39-27(42)38-26-9-11-40(12-10-26)13-14-41/h1-8,15-18,26,41H,9-14,19H2,(H2,38,39,42). The van der Waals surface area contributed by atoms with Gasteiger partial charge in [-0.3, -0.25) is 0 Å². The molecule has 0 aromatic heterocycles. The van der Waals surface area contributed by atoms with E-state index in [0.29, 0.717) is 50.2 Å². The summed E-state index contributed by atoms with van der Waals surface area (Å²) in [5.74, 6) is -1.26. The van der Waals surface area contributed by atoms with E-state index in [2.05, 4.69) is 10.6 Å². The normalized spacial score (nSPS) is 16.6. The number of β-amino-alcohol motifs (C(OH)–C–C–N with tert-alkyl or cyclic N) is 1. The lowest BCUT2D eigenvalue weighted by atomic mass is 9.77. The molecule has 2 amide bonds. The van der Waals surface area contributed by atoms with Crippen molar-refractivity contribution in [3.05, 3.63) is 106 Å². The Bertz CT molecular complexity index is 1360. The van der Waals surface area contributed by atoms with Gasteiger partial charge in [0, 0.05) is 32.1 Å². The first-order chi connectivity index (χ1) is 19.8. The Kier molecular flexibility index (Phi) is 9.47. The summed E-state index contributed by atoms with van der Waals surface area (Å²) in [4.78, 5) is 15.5. The van der Waals surface area contributed by atoms with E-state index in [0.717, 1.165) is 24.3 Å². The van der Waals surface area contributed by atoms with Crippen LogP contribution >= 0.6 is 0 Å². The lowest BCUT2D eigenvalue weighted by Gasteiger charge is -2.38. The number of nitrogens with one attached hydrogen (secondary N) is 2. The van der Waals surface area contributed by atoms with Crippen LogP contribution in [0.4, 0.5) is 35.5 Å². The van der Waals surface area contributed by atoms with Crippen molar-refractivity contribution in [3.8, 4) is 0 Å². The molecule has 1 aliphatic heterocycles. The predicted molar refractivity (Wildman–Crippen MR) is 142 cm³/mol. The van der Waals surface area contributed by atoms with Gasteiger partial charge in [0.2, 0.25) is 0 Å². The molecule has 3 aromatic rings. The highest BCUT2D eigenvalue weighted by Gasteiger charge is 2.42. The maximum absolute atomic E-state index is 14.8. The highest BCUT2D eigenvalue weighted by Crippen LogP contribution is 2.40. The number of aliphatic hydroxyl groups is 1. The first-order valence-electron chi connectivity index (χ1n) is 13.3. The van der Waals surface area contributed by atoms with Crippen molar-refractivity contribution in [3.63, 3.8) is 0 Å². The van der Waals surface area contributed by atoms with Crippen molar-refractivity contribution in [2.24, 2.45) is 0 Å². The summed E-state index contributed by atoms with van der Waals surface area (Å²) in [6.07, 6.45) is -9.01. The molecule has 0 saturated carbocycles. The van der Waals surface area contributed by atoms with Gasteiger partial charge in [0.1, 0.15) is 5.82 Å². The van der Waals surface area contributed by atoms with E-state index in [1.807, 2.05) is 4.90 Å². The Morgan fingerprint density at radius 1 is 0.810 bits per heavy atom. The van der Waals surface area contributed by atoms with E-state index in [1.165, 1.54) is 6.07 Å². The lowest BCUT2D eigenvalue weighted by Crippen LogP contribution is -2.55. The predicted octanol–water partition coefficient (Wildman–Crippen LogP) is 6.11. The summed E-state index contributed by atoms with van der Waals surface area (Å²) in [5.41, 5.74) is -4.53. The maximum Gasteiger partial charge on any atom is 0.416 e. The van der Waals surface area contributed by atoms with Crippen LogP contribution in [0, 0.1) is 5.82 Å². The number of alkyl halides is 6. The zero-order chi connectivity index (χ0) is 30.5. The SMILES string of the molecule is O=C(NC1CCN(CCO)CC1)NC(Cc1ccccc1)(c1cccc(C(F)(F)F)c1)c1cc(F)cc(C(F)(F)F)c1. The van der Waals surface area contributed by atoms with Gasteiger partial charge in [-0.25, -0.2) is 9.18 Å². The van der Waals surface area contributed by atoms with Crippen molar-refractivity contribution in [2.45, 2.75) is 43.2 Å². The number of carbonyl (C=O) groups excluding carboxylic acids is 1. The number of amides is 2. The van der Waals surface area contributed by atoms with E-state index in [9.17, 15) is 35.5 Å². The molecule has 1 saturated heterocycles. The number of urea groups is 1. The summed E-state index contributed by atoms with van der Waals surface area (Å²) in [5, 5.41) is 14.6. The maximum atomic E-state index is 14.8. The third-order valence-electron chi connectivity index (χ3n) is 7.38. The average Bonchev–Trinajstić information content (AvgIpc) is 2.93. The van der Waals surface area contributed by atoms with E-state index >= 15 is 0 Å². The molecular weight excluding hydrogens is 567 g/mol. The van der Waals surface area contributed by atoms with E-state index in [1.54, 1.807) is 30.3 Å². The molecule has 4 rings (SSSR count). The van der Waals surface area contributed by atoms with Gasteiger partial charge >= 0.3 is 18.4 Å². The van der Waals surface area contributed by atoms with Crippen molar-refractivity contribution >= 4 is 6.03 Å². The van der Waals surface area contributed by atoms with Crippen LogP contribution in [0.3, 0.4) is 0 Å². The largest absolute Gasteiger partial charge is 0.416 e. The average molecular weight is 598 g/mol. The highest BCUT2D eigenvalue weighted by atomic mass is 19.4. The van der Waals surface area contributed by atoms with Gasteiger partial charge in [-0.2, -0.15) is 26.3 Å². The minimum absolute atomic E-state index is 0.0227. The fraction of sp³-hybridized carbons (Fsp3) is 0.367. The topological polar surface area (TPSA) is 64.6 Å². The second-order valence-corrected chi connectivity index (χ2v) is 10.3. The van der Waals surface area contributed by atoms with Gasteiger partial charge in [-0.05, 0) is 59.9 Å². The Balaban J connectivity index is 1.84. The third-order valence-corrected chi connectivity index (χ3v) is 7.38. The molecule has 1 atom stereocenters. The Morgan fingerprint density at radius 2 is 1.40 bits per heavy atom. The molecule has 0 bridgehead atoms. The quantitative estimate of drug-likeness (QED) is 0.275. The summed E-state index contributed by atoms with van der Waals surface area (Å²) in [7, 11) is 0. The molecule has 1 fully saturated rings. The zero-order valence-corrected chi connectivity index (χ0v) is 22.4. The van der Waals surface area contributed by atoms with Crippen molar-refractivity contribution in [1.29, 1.82) is 0 Å². The van der Waals surface area contributed by atoms with Gasteiger partial charge in [0.15, 0.2) is 0 Å². The van der Waals surface area contributed by atoms with Crippen LogP contribution in [0.2, 0.25) is 0 Å². The molecule has 3 N–H and O–H groups in total. The number of hydrogen-bond donors (Lipinski definition) is 3. The molecule has 1 heterocycles. The second-order valence-electron chi connectivity index (χ2n) is 10.3. The molecule has 3 aromatic carbocycles. The molecule has 226 valence electrons. The molecule has 0 radical (unpaired) electrons. The fourth-order valence-electron chi connectivity index (χ4n) is 5.28. The van der Waals surface area contributed by atoms with Crippen LogP contribution in [-0.4, -0.2) is 48.3 Å². The number of benzene rings is 3. The van der Waals surface area contributed by atoms with Crippen molar-refractivity contribution < 1.29 is 40.6 Å². The van der Waals surface area contributed by atoms with E-state index in [-0.39, 0.29) is 30.2 Å². The highest BCUT2D eigenvalue weighted by molar-refractivity contribution is 5.76. The van der Waals surface area contributed by atoms with Gasteiger partial charge in [-0.1, -0.05) is 42.5 Å². The minimum Gasteiger partial charge on any atom is -0.395 e. The van der Waals surface area contributed by atoms with Gasteiger partial charge in [0.05, 0.1) is 23.3 Å². The summed E-state index contributed by atoms with van der Waals surface area (Å²) in [6.45, 7) is 1.60. The zero-order valence-electron chi connectivity index (χ0n) is 22.4. The van der Waals surface area contributed by atoms with Crippen molar-refractivity contribution in [1.82, 2.24) is 15.5 Å². The number of nitrogens with zero attached hydrogens (tertiary/aromatic N) is 1. The Hall–Kier alpha value is -3.64. The molecule has 1 aliphatic rings. The first kappa shape index (κ1) is 31.3. The van der Waals surface area contributed by atoms with Crippen LogP contribution in [0.25, 0.3) is 0 Å². The van der Waals surface area contributed by atoms with Crippen LogP contribution in [0.15, 0.2) is 72.8 Å². The van der Waals surface area contributed by atoms with Gasteiger partial charge in [0.25, 0.3) is 0 Å². The Morgan fingerprint density at radius 3 is 2.02 bits per heavy atom. The summed E-state index contributed by atoms with van der Waals surface area (Å²) >= 11 is 0. The summed E-state index contributed by atoms with van der Waals surface area (Å²) < 4.78 is 97.6. The minimum atomic E-state index is -4.96. The number of carbonyl (C=O) groups is 1. The van der Waals surface area contributed by atoms with Gasteiger partial charge < -0.3 is 20.6 Å². The third kappa shape index (κ3) is 7.60. The number of hydrogen-bond acceptors (Lipinski definition) is 3. The number of likely N-dealkylation sites (tertiary alicyclic amines) is 1. The van der Waals surface area contributed by atoms with E-state index < -0.39 is 40.9 Å². The lowest BCUT2D eigenvalue weighted by molar-refractivity contribution is -0.138. The van der Waals surface area contributed by atoms with Crippen LogP contribution < -0.4 is 10.6 Å². The van der Waals surface area contributed by atoms with Crippen LogP contribution in [-0.2, 0) is 24.3 Å². The number of aliphatic hydroxyl groups excluding tert-OH is 1. The van der Waals surface area contributed by atoms with Crippen molar-refractivity contribution in [2.75, 3.05) is 26.2 Å². The molecule has 1 unspecified atom stereocenters.